The first-order valence-electron chi connectivity index (χ1n) is 8.63. The van der Waals surface area contributed by atoms with Crippen molar-refractivity contribution in [3.05, 3.63) is 59.7 Å². The van der Waals surface area contributed by atoms with Crippen molar-refractivity contribution in [1.29, 1.82) is 0 Å². The summed E-state index contributed by atoms with van der Waals surface area (Å²) in [4.78, 5) is 23.9. The highest BCUT2D eigenvalue weighted by molar-refractivity contribution is 5.87. The standard InChI is InChI=1S/C20H19NO5/c22-18(20(24)10-5-11-21-20)26-19(23)25-12-17-15-8-3-1-6-13(15)14-7-2-4-9-16(14)17/h1-4,6-9,17,21,24H,5,10-12H2/t20-/m1/s1. The van der Waals surface area contributed by atoms with Gasteiger partial charge in [-0.1, -0.05) is 48.5 Å². The van der Waals surface area contributed by atoms with Gasteiger partial charge in [-0.2, -0.15) is 0 Å². The molecule has 0 unspecified atom stereocenters. The monoisotopic (exact) mass is 353 g/mol. The van der Waals surface area contributed by atoms with Gasteiger partial charge in [-0.25, -0.2) is 9.59 Å². The molecule has 0 aromatic heterocycles. The van der Waals surface area contributed by atoms with Crippen LogP contribution >= 0.6 is 0 Å². The summed E-state index contributed by atoms with van der Waals surface area (Å²) in [5, 5.41) is 12.7. The van der Waals surface area contributed by atoms with Gasteiger partial charge >= 0.3 is 12.1 Å². The van der Waals surface area contributed by atoms with Crippen molar-refractivity contribution in [2.75, 3.05) is 13.2 Å². The van der Waals surface area contributed by atoms with E-state index >= 15 is 0 Å². The quantitative estimate of drug-likeness (QED) is 0.652. The van der Waals surface area contributed by atoms with Crippen molar-refractivity contribution in [2.24, 2.45) is 0 Å². The van der Waals surface area contributed by atoms with Crippen LogP contribution in [0.5, 0.6) is 0 Å². The predicted octanol–water partition coefficient (Wildman–Crippen LogP) is 2.55. The largest absolute Gasteiger partial charge is 0.516 e. The van der Waals surface area contributed by atoms with E-state index in [-0.39, 0.29) is 18.9 Å². The summed E-state index contributed by atoms with van der Waals surface area (Å²) in [5.74, 6) is -1.13. The molecule has 2 aromatic rings. The summed E-state index contributed by atoms with van der Waals surface area (Å²) in [6, 6.07) is 15.9. The summed E-state index contributed by atoms with van der Waals surface area (Å²) in [6.07, 6.45) is -0.252. The molecule has 0 spiro atoms. The molecule has 1 fully saturated rings. The second kappa shape index (κ2) is 6.55. The van der Waals surface area contributed by atoms with Crippen LogP contribution in [0.15, 0.2) is 48.5 Å². The Morgan fingerprint density at radius 2 is 1.69 bits per heavy atom. The highest BCUT2D eigenvalue weighted by Crippen LogP contribution is 2.44. The molecule has 0 saturated carbocycles. The molecular weight excluding hydrogens is 334 g/mol. The second-order valence-electron chi connectivity index (χ2n) is 6.57. The Morgan fingerprint density at radius 1 is 1.08 bits per heavy atom. The third kappa shape index (κ3) is 2.87. The SMILES string of the molecule is O=C(OCC1c2ccccc2-c2ccccc21)OC(=O)[C@]1(O)CCCN1. The summed E-state index contributed by atoms with van der Waals surface area (Å²) >= 11 is 0. The van der Waals surface area contributed by atoms with Crippen LogP contribution in [0.3, 0.4) is 0 Å². The van der Waals surface area contributed by atoms with Crippen LogP contribution in [-0.4, -0.2) is 36.1 Å². The molecule has 134 valence electrons. The molecular formula is C20H19NO5. The van der Waals surface area contributed by atoms with Gasteiger partial charge in [0.25, 0.3) is 0 Å². The van der Waals surface area contributed by atoms with Crippen molar-refractivity contribution < 1.29 is 24.2 Å². The number of ether oxygens (including phenoxy) is 2. The van der Waals surface area contributed by atoms with Gasteiger partial charge in [0.1, 0.15) is 6.61 Å². The van der Waals surface area contributed by atoms with Gasteiger partial charge in [-0.3, -0.25) is 5.32 Å². The average Bonchev–Trinajstić information content (AvgIpc) is 3.23. The zero-order valence-electron chi connectivity index (χ0n) is 14.1. The van der Waals surface area contributed by atoms with Gasteiger partial charge in [0.05, 0.1) is 0 Å². The van der Waals surface area contributed by atoms with E-state index in [0.717, 1.165) is 22.3 Å². The van der Waals surface area contributed by atoms with Gasteiger partial charge in [0.15, 0.2) is 0 Å². The lowest BCUT2D eigenvalue weighted by Crippen LogP contribution is -2.49. The molecule has 26 heavy (non-hydrogen) atoms. The molecule has 1 atom stereocenters. The van der Waals surface area contributed by atoms with E-state index in [1.807, 2.05) is 48.5 Å². The highest BCUT2D eigenvalue weighted by atomic mass is 16.7. The first-order valence-corrected chi connectivity index (χ1v) is 8.63. The van der Waals surface area contributed by atoms with Gasteiger partial charge in [-0.15, -0.1) is 0 Å². The van der Waals surface area contributed by atoms with E-state index in [9.17, 15) is 14.7 Å². The molecule has 1 aliphatic heterocycles. The number of hydrogen-bond donors (Lipinski definition) is 2. The fraction of sp³-hybridized carbons (Fsp3) is 0.300. The van der Waals surface area contributed by atoms with Crippen molar-refractivity contribution in [3.63, 3.8) is 0 Å². The highest BCUT2D eigenvalue weighted by Gasteiger charge is 2.42. The molecule has 2 aromatic carbocycles. The predicted molar refractivity (Wildman–Crippen MR) is 93.3 cm³/mol. The molecule has 4 rings (SSSR count). The molecule has 6 nitrogen and oxygen atoms in total. The summed E-state index contributed by atoms with van der Waals surface area (Å²) in [5.41, 5.74) is 2.58. The number of aliphatic hydroxyl groups is 1. The average molecular weight is 353 g/mol. The summed E-state index contributed by atoms with van der Waals surface area (Å²) < 4.78 is 9.85. The van der Waals surface area contributed by atoms with Crippen molar-refractivity contribution in [3.8, 4) is 11.1 Å². The van der Waals surface area contributed by atoms with Crippen LogP contribution in [0.4, 0.5) is 4.79 Å². The molecule has 6 heteroatoms. The fourth-order valence-corrected chi connectivity index (χ4v) is 3.68. The zero-order chi connectivity index (χ0) is 18.1. The number of benzene rings is 2. The van der Waals surface area contributed by atoms with Crippen molar-refractivity contribution in [2.45, 2.75) is 24.5 Å². The van der Waals surface area contributed by atoms with Crippen LogP contribution in [-0.2, 0) is 14.3 Å². The Labute approximate surface area is 150 Å². The number of fused-ring (bicyclic) bond motifs is 3. The second-order valence-corrected chi connectivity index (χ2v) is 6.57. The third-order valence-corrected chi connectivity index (χ3v) is 4.98. The molecule has 2 N–H and O–H groups in total. The van der Waals surface area contributed by atoms with Crippen LogP contribution in [0.1, 0.15) is 29.9 Å². The van der Waals surface area contributed by atoms with Crippen LogP contribution in [0, 0.1) is 0 Å². The van der Waals surface area contributed by atoms with Crippen LogP contribution in [0.25, 0.3) is 11.1 Å². The smallest absolute Gasteiger partial charge is 0.433 e. The summed E-state index contributed by atoms with van der Waals surface area (Å²) in [6.45, 7) is 0.558. The van der Waals surface area contributed by atoms with E-state index in [1.165, 1.54) is 0 Å². The lowest BCUT2D eigenvalue weighted by molar-refractivity contribution is -0.163. The van der Waals surface area contributed by atoms with E-state index in [1.54, 1.807) is 0 Å². The van der Waals surface area contributed by atoms with Crippen molar-refractivity contribution >= 4 is 12.1 Å². The van der Waals surface area contributed by atoms with Crippen LogP contribution in [0.2, 0.25) is 0 Å². The zero-order valence-corrected chi connectivity index (χ0v) is 14.1. The maximum atomic E-state index is 11.9. The molecule has 0 radical (unpaired) electrons. The number of carbonyl (C=O) groups is 2. The van der Waals surface area contributed by atoms with E-state index in [0.29, 0.717) is 13.0 Å². The number of esters is 1. The number of hydrogen-bond acceptors (Lipinski definition) is 6. The minimum atomic E-state index is -1.80. The Hall–Kier alpha value is -2.70. The Kier molecular flexibility index (Phi) is 4.22. The van der Waals surface area contributed by atoms with Crippen LogP contribution < -0.4 is 5.32 Å². The molecule has 1 heterocycles. The maximum absolute atomic E-state index is 11.9. The molecule has 2 aliphatic rings. The number of carbonyl (C=O) groups excluding carboxylic acids is 2. The maximum Gasteiger partial charge on any atom is 0.516 e. The first kappa shape index (κ1) is 16.8. The van der Waals surface area contributed by atoms with Crippen molar-refractivity contribution in [1.82, 2.24) is 5.32 Å². The lowest BCUT2D eigenvalue weighted by Gasteiger charge is -2.19. The lowest BCUT2D eigenvalue weighted by atomic mass is 9.98. The molecule has 1 aliphatic carbocycles. The van der Waals surface area contributed by atoms with Gasteiger partial charge in [0, 0.05) is 12.3 Å². The first-order chi connectivity index (χ1) is 12.6. The van der Waals surface area contributed by atoms with E-state index < -0.39 is 17.8 Å². The Bertz CT molecular complexity index is 811. The fourth-order valence-electron chi connectivity index (χ4n) is 3.68. The Morgan fingerprint density at radius 3 is 2.27 bits per heavy atom. The minimum absolute atomic E-state index is 0.0615. The summed E-state index contributed by atoms with van der Waals surface area (Å²) in [7, 11) is 0. The van der Waals surface area contributed by atoms with E-state index in [2.05, 4.69) is 10.1 Å². The number of nitrogens with one attached hydrogen (secondary N) is 1. The van der Waals surface area contributed by atoms with E-state index in [4.69, 9.17) is 4.74 Å². The molecule has 0 bridgehead atoms. The van der Waals surface area contributed by atoms with Gasteiger partial charge < -0.3 is 14.6 Å². The molecule has 0 amide bonds. The van der Waals surface area contributed by atoms with Gasteiger partial charge in [-0.05, 0) is 35.2 Å². The topological polar surface area (TPSA) is 84.9 Å². The van der Waals surface area contributed by atoms with Gasteiger partial charge in [0.2, 0.25) is 5.72 Å². The number of rotatable bonds is 3. The third-order valence-electron chi connectivity index (χ3n) is 4.98. The normalized spacial score (nSPS) is 21.1. The molecule has 1 saturated heterocycles. The minimum Gasteiger partial charge on any atom is -0.433 e. The Balaban J connectivity index is 1.45.